The van der Waals surface area contributed by atoms with Crippen molar-refractivity contribution in [2.24, 2.45) is 5.92 Å². The van der Waals surface area contributed by atoms with Crippen LogP contribution in [0.4, 0.5) is 9.18 Å². The Hall–Kier alpha value is -2.11. The molecule has 2 aliphatic rings. The van der Waals surface area contributed by atoms with E-state index < -0.39 is 5.60 Å². The molecular weight excluding hydrogens is 347 g/mol. The molecule has 3 rings (SSSR count). The van der Waals surface area contributed by atoms with E-state index in [1.165, 1.54) is 12.1 Å². The van der Waals surface area contributed by atoms with Crippen molar-refractivity contribution in [1.29, 1.82) is 0 Å². The summed E-state index contributed by atoms with van der Waals surface area (Å²) in [5, 5.41) is 0. The molecule has 2 fully saturated rings. The fraction of sp³-hybridized carbons (Fsp3) is 0.619. The predicted molar refractivity (Wildman–Crippen MR) is 101 cm³/mol. The Labute approximate surface area is 160 Å². The maximum Gasteiger partial charge on any atom is 0.410 e. The first kappa shape index (κ1) is 19.6. The summed E-state index contributed by atoms with van der Waals surface area (Å²) < 4.78 is 18.9. The number of likely N-dealkylation sites (tertiary alicyclic amines) is 1. The first-order valence-electron chi connectivity index (χ1n) is 9.76. The van der Waals surface area contributed by atoms with Crippen LogP contribution in [-0.4, -0.2) is 46.5 Å². The zero-order chi connectivity index (χ0) is 19.6. The van der Waals surface area contributed by atoms with Gasteiger partial charge in [-0.3, -0.25) is 4.79 Å². The third-order valence-electron chi connectivity index (χ3n) is 5.01. The van der Waals surface area contributed by atoms with Gasteiger partial charge in [0.1, 0.15) is 11.4 Å². The molecule has 1 aromatic carbocycles. The van der Waals surface area contributed by atoms with Crippen molar-refractivity contribution >= 4 is 12.0 Å². The topological polar surface area (TPSA) is 49.9 Å². The fourth-order valence-corrected chi connectivity index (χ4v) is 3.48. The summed E-state index contributed by atoms with van der Waals surface area (Å²) in [6, 6.07) is 6.72. The number of rotatable bonds is 4. The number of amides is 2. The Morgan fingerprint density at radius 3 is 2.41 bits per heavy atom. The van der Waals surface area contributed by atoms with E-state index in [2.05, 4.69) is 0 Å². The van der Waals surface area contributed by atoms with Gasteiger partial charge in [-0.15, -0.1) is 0 Å². The molecular formula is C21H29FN2O3. The summed E-state index contributed by atoms with van der Waals surface area (Å²) in [5.74, 6) is -0.232. The largest absolute Gasteiger partial charge is 0.444 e. The molecule has 0 N–H and O–H groups in total. The van der Waals surface area contributed by atoms with Gasteiger partial charge in [0.05, 0.1) is 0 Å². The lowest BCUT2D eigenvalue weighted by Gasteiger charge is -2.35. The third kappa shape index (κ3) is 5.44. The van der Waals surface area contributed by atoms with Crippen molar-refractivity contribution in [1.82, 2.24) is 9.80 Å². The quantitative estimate of drug-likeness (QED) is 0.799. The van der Waals surface area contributed by atoms with Gasteiger partial charge in [0.25, 0.3) is 0 Å². The second-order valence-electron chi connectivity index (χ2n) is 8.57. The molecule has 0 bridgehead atoms. The highest BCUT2D eigenvalue weighted by molar-refractivity contribution is 5.80. The van der Waals surface area contributed by atoms with Gasteiger partial charge in [-0.05, 0) is 64.2 Å². The lowest BCUT2D eigenvalue weighted by Crippen LogP contribution is -2.46. The first-order chi connectivity index (χ1) is 12.7. The predicted octanol–water partition coefficient (Wildman–Crippen LogP) is 3.96. The summed E-state index contributed by atoms with van der Waals surface area (Å²) in [7, 11) is 0. The van der Waals surface area contributed by atoms with Gasteiger partial charge in [-0.1, -0.05) is 12.1 Å². The number of halogens is 1. The van der Waals surface area contributed by atoms with Gasteiger partial charge < -0.3 is 14.5 Å². The molecule has 1 saturated heterocycles. The van der Waals surface area contributed by atoms with Gasteiger partial charge in [0.15, 0.2) is 0 Å². The Bertz CT molecular complexity index is 689. The SMILES string of the molecule is CC(C)(C)OC(=O)N1CCC(C(=O)N(Cc2cccc(F)c2)C2CC2)CC1. The molecule has 0 atom stereocenters. The molecule has 148 valence electrons. The van der Waals surface area contributed by atoms with Crippen molar-refractivity contribution in [2.45, 2.75) is 64.6 Å². The number of ether oxygens (including phenoxy) is 1. The van der Waals surface area contributed by atoms with E-state index in [9.17, 15) is 14.0 Å². The van der Waals surface area contributed by atoms with Crippen LogP contribution in [0.3, 0.4) is 0 Å². The average Bonchev–Trinajstić information content (AvgIpc) is 3.43. The van der Waals surface area contributed by atoms with Crippen molar-refractivity contribution in [2.75, 3.05) is 13.1 Å². The van der Waals surface area contributed by atoms with E-state index in [0.29, 0.717) is 32.5 Å². The molecule has 1 aliphatic heterocycles. The van der Waals surface area contributed by atoms with Crippen LogP contribution in [-0.2, 0) is 16.1 Å². The van der Waals surface area contributed by atoms with Gasteiger partial charge >= 0.3 is 6.09 Å². The normalized spacial score (nSPS) is 18.3. The van der Waals surface area contributed by atoms with Gasteiger partial charge in [-0.25, -0.2) is 9.18 Å². The molecule has 1 saturated carbocycles. The fourth-order valence-electron chi connectivity index (χ4n) is 3.48. The number of carbonyl (C=O) groups excluding carboxylic acids is 2. The zero-order valence-corrected chi connectivity index (χ0v) is 16.4. The van der Waals surface area contributed by atoms with E-state index in [-0.39, 0.29) is 29.8 Å². The van der Waals surface area contributed by atoms with Gasteiger partial charge in [-0.2, -0.15) is 0 Å². The summed E-state index contributed by atoms with van der Waals surface area (Å²) in [6.45, 7) is 7.06. The zero-order valence-electron chi connectivity index (χ0n) is 16.4. The van der Waals surface area contributed by atoms with E-state index >= 15 is 0 Å². The molecule has 1 aliphatic carbocycles. The summed E-state index contributed by atoms with van der Waals surface area (Å²) in [4.78, 5) is 28.8. The molecule has 5 nitrogen and oxygen atoms in total. The third-order valence-corrected chi connectivity index (χ3v) is 5.01. The van der Waals surface area contributed by atoms with Crippen molar-refractivity contribution in [3.8, 4) is 0 Å². The second-order valence-corrected chi connectivity index (χ2v) is 8.57. The van der Waals surface area contributed by atoms with Crippen LogP contribution in [0.25, 0.3) is 0 Å². The average molecular weight is 376 g/mol. The molecule has 6 heteroatoms. The minimum atomic E-state index is -0.516. The molecule has 1 heterocycles. The maximum absolute atomic E-state index is 13.5. The molecule has 2 amide bonds. The molecule has 1 aromatic rings. The number of carbonyl (C=O) groups is 2. The maximum atomic E-state index is 13.5. The Balaban J connectivity index is 1.57. The van der Waals surface area contributed by atoms with Crippen LogP contribution in [0.1, 0.15) is 52.0 Å². The Kier molecular flexibility index (Phi) is 5.72. The highest BCUT2D eigenvalue weighted by atomic mass is 19.1. The lowest BCUT2D eigenvalue weighted by molar-refractivity contribution is -0.138. The van der Waals surface area contributed by atoms with E-state index in [1.807, 2.05) is 31.7 Å². The van der Waals surface area contributed by atoms with E-state index in [1.54, 1.807) is 11.0 Å². The molecule has 27 heavy (non-hydrogen) atoms. The number of benzene rings is 1. The highest BCUT2D eigenvalue weighted by Gasteiger charge is 2.38. The standard InChI is InChI=1S/C21H29FN2O3/c1-21(2,3)27-20(26)23-11-9-16(10-12-23)19(25)24(18-7-8-18)14-15-5-4-6-17(22)13-15/h4-6,13,16,18H,7-12,14H2,1-3H3. The van der Waals surface area contributed by atoms with Crippen LogP contribution >= 0.6 is 0 Å². The number of hydrogen-bond acceptors (Lipinski definition) is 3. The summed E-state index contributed by atoms with van der Waals surface area (Å²) in [6.07, 6.45) is 3.00. The van der Waals surface area contributed by atoms with Gasteiger partial charge in [0.2, 0.25) is 5.91 Å². The number of nitrogens with zero attached hydrogens (tertiary/aromatic N) is 2. The summed E-state index contributed by atoms with van der Waals surface area (Å²) >= 11 is 0. The van der Waals surface area contributed by atoms with E-state index in [0.717, 1.165) is 18.4 Å². The number of hydrogen-bond donors (Lipinski definition) is 0. The smallest absolute Gasteiger partial charge is 0.410 e. The van der Waals surface area contributed by atoms with Crippen LogP contribution in [0.5, 0.6) is 0 Å². The molecule has 0 unspecified atom stereocenters. The van der Waals surface area contributed by atoms with Crippen molar-refractivity contribution in [3.63, 3.8) is 0 Å². The lowest BCUT2D eigenvalue weighted by atomic mass is 9.95. The van der Waals surface area contributed by atoms with Crippen LogP contribution in [0, 0.1) is 11.7 Å². The molecule has 0 aromatic heterocycles. The van der Waals surface area contributed by atoms with Crippen LogP contribution < -0.4 is 0 Å². The van der Waals surface area contributed by atoms with Crippen LogP contribution in [0.15, 0.2) is 24.3 Å². The van der Waals surface area contributed by atoms with Crippen molar-refractivity contribution < 1.29 is 18.7 Å². The first-order valence-corrected chi connectivity index (χ1v) is 9.76. The highest BCUT2D eigenvalue weighted by Crippen LogP contribution is 2.32. The summed E-state index contributed by atoms with van der Waals surface area (Å²) in [5.41, 5.74) is 0.304. The Morgan fingerprint density at radius 2 is 1.85 bits per heavy atom. The minimum absolute atomic E-state index is 0.0853. The van der Waals surface area contributed by atoms with Gasteiger partial charge in [0, 0.05) is 31.6 Å². The number of piperidine rings is 1. The van der Waals surface area contributed by atoms with E-state index in [4.69, 9.17) is 4.74 Å². The molecule has 0 radical (unpaired) electrons. The minimum Gasteiger partial charge on any atom is -0.444 e. The second kappa shape index (κ2) is 7.87. The Morgan fingerprint density at radius 1 is 1.19 bits per heavy atom. The monoisotopic (exact) mass is 376 g/mol. The van der Waals surface area contributed by atoms with Crippen LogP contribution in [0.2, 0.25) is 0 Å². The molecule has 0 spiro atoms. The van der Waals surface area contributed by atoms with Crippen molar-refractivity contribution in [3.05, 3.63) is 35.6 Å².